The van der Waals surface area contributed by atoms with Crippen molar-refractivity contribution < 1.29 is 14.4 Å². The number of fused-ring (bicyclic) bond motifs is 1. The first-order valence-corrected chi connectivity index (χ1v) is 11.2. The van der Waals surface area contributed by atoms with Crippen molar-refractivity contribution in [3.05, 3.63) is 0 Å². The zero-order valence-corrected chi connectivity index (χ0v) is 18.6. The van der Waals surface area contributed by atoms with Crippen molar-refractivity contribution in [1.29, 1.82) is 0 Å². The van der Waals surface area contributed by atoms with Gasteiger partial charge in [-0.05, 0) is 42.4 Å². The SMILES string of the molecule is CCC1(NC(=O)N[C@H](C(=O)N2C[C@@H]3C(C)[C@@H]3[C@H]2C(N)=O)C(C)(C)C)CCCCC1. The summed E-state index contributed by atoms with van der Waals surface area (Å²) in [5.74, 6) is 0.286. The number of carbonyl (C=O) groups is 3. The van der Waals surface area contributed by atoms with Gasteiger partial charge < -0.3 is 21.3 Å². The average molecular weight is 407 g/mol. The summed E-state index contributed by atoms with van der Waals surface area (Å²) < 4.78 is 0. The van der Waals surface area contributed by atoms with Crippen LogP contribution in [0.2, 0.25) is 0 Å². The topological polar surface area (TPSA) is 105 Å². The van der Waals surface area contributed by atoms with Gasteiger partial charge in [-0.25, -0.2) is 4.79 Å². The van der Waals surface area contributed by atoms with E-state index in [4.69, 9.17) is 5.73 Å². The largest absolute Gasteiger partial charge is 0.368 e. The first-order valence-electron chi connectivity index (χ1n) is 11.2. The summed E-state index contributed by atoms with van der Waals surface area (Å²) in [6.07, 6.45) is 6.27. The summed E-state index contributed by atoms with van der Waals surface area (Å²) in [4.78, 5) is 40.0. The minimum atomic E-state index is -0.713. The third-order valence-corrected chi connectivity index (χ3v) is 7.57. The van der Waals surface area contributed by atoms with Crippen LogP contribution < -0.4 is 16.4 Å². The number of likely N-dealkylation sites (tertiary alicyclic amines) is 1. The molecular weight excluding hydrogens is 368 g/mol. The second kappa shape index (κ2) is 7.80. The molecule has 1 saturated heterocycles. The first-order chi connectivity index (χ1) is 13.5. The predicted octanol–water partition coefficient (Wildman–Crippen LogP) is 2.39. The fourth-order valence-electron chi connectivity index (χ4n) is 5.53. The Hall–Kier alpha value is -1.79. The number of piperidine rings is 1. The van der Waals surface area contributed by atoms with Gasteiger partial charge in [0.15, 0.2) is 0 Å². The quantitative estimate of drug-likeness (QED) is 0.653. The van der Waals surface area contributed by atoms with Gasteiger partial charge in [0.2, 0.25) is 11.8 Å². The number of primary amides is 1. The standard InChI is InChI=1S/C22H38N4O3/c1-6-22(10-8-7-9-11-22)25-20(29)24-17(21(3,4)5)19(28)26-12-14-13(2)15(14)16(26)18(23)27/h13-17H,6-12H2,1-5H3,(H2,23,27)(H2,24,25,29)/t13?,14-,15+,16+,17-/m1/s1. The number of hydrogen-bond donors (Lipinski definition) is 3. The van der Waals surface area contributed by atoms with Crippen molar-refractivity contribution in [2.24, 2.45) is 28.9 Å². The maximum absolute atomic E-state index is 13.4. The molecule has 0 bridgehead atoms. The van der Waals surface area contributed by atoms with Crippen molar-refractivity contribution in [2.45, 2.75) is 90.8 Å². The maximum Gasteiger partial charge on any atom is 0.315 e. The van der Waals surface area contributed by atoms with Gasteiger partial charge in [-0.2, -0.15) is 0 Å². The van der Waals surface area contributed by atoms with Crippen LogP contribution in [0.3, 0.4) is 0 Å². The van der Waals surface area contributed by atoms with E-state index in [0.717, 1.165) is 32.1 Å². The molecule has 2 aliphatic carbocycles. The van der Waals surface area contributed by atoms with Crippen molar-refractivity contribution in [2.75, 3.05) is 6.54 Å². The highest BCUT2D eigenvalue weighted by Gasteiger charge is 2.62. The van der Waals surface area contributed by atoms with E-state index in [-0.39, 0.29) is 23.4 Å². The molecular formula is C22H38N4O3. The molecule has 7 heteroatoms. The van der Waals surface area contributed by atoms with E-state index >= 15 is 0 Å². The van der Waals surface area contributed by atoms with Crippen LogP contribution in [0.5, 0.6) is 0 Å². The minimum absolute atomic E-state index is 0.163. The minimum Gasteiger partial charge on any atom is -0.368 e. The molecule has 0 radical (unpaired) electrons. The molecule has 3 rings (SSSR count). The molecule has 2 saturated carbocycles. The number of nitrogens with zero attached hydrogens (tertiary/aromatic N) is 1. The smallest absolute Gasteiger partial charge is 0.315 e. The number of hydrogen-bond acceptors (Lipinski definition) is 3. The van der Waals surface area contributed by atoms with Gasteiger partial charge in [0.1, 0.15) is 12.1 Å². The van der Waals surface area contributed by atoms with Crippen molar-refractivity contribution in [3.63, 3.8) is 0 Å². The predicted molar refractivity (Wildman–Crippen MR) is 112 cm³/mol. The highest BCUT2D eigenvalue weighted by Crippen LogP contribution is 2.55. The Morgan fingerprint density at radius 2 is 1.79 bits per heavy atom. The molecule has 7 nitrogen and oxygen atoms in total. The molecule has 5 atom stereocenters. The molecule has 3 aliphatic rings. The fraction of sp³-hybridized carbons (Fsp3) is 0.864. The van der Waals surface area contributed by atoms with Gasteiger partial charge in [-0.15, -0.1) is 0 Å². The second-order valence-corrected chi connectivity index (χ2v) is 10.5. The van der Waals surface area contributed by atoms with Crippen molar-refractivity contribution in [3.8, 4) is 0 Å². The molecule has 1 aliphatic heterocycles. The number of rotatable bonds is 5. The van der Waals surface area contributed by atoms with E-state index in [9.17, 15) is 14.4 Å². The molecule has 3 fully saturated rings. The Kier molecular flexibility index (Phi) is 5.89. The van der Waals surface area contributed by atoms with Crippen molar-refractivity contribution >= 4 is 17.8 Å². The van der Waals surface area contributed by atoms with Gasteiger partial charge in [0.25, 0.3) is 0 Å². The van der Waals surface area contributed by atoms with Gasteiger partial charge in [0.05, 0.1) is 0 Å². The summed E-state index contributed by atoms with van der Waals surface area (Å²) in [6, 6.07) is -1.57. The summed E-state index contributed by atoms with van der Waals surface area (Å²) in [6.45, 7) is 10.6. The van der Waals surface area contributed by atoms with Crippen LogP contribution in [-0.2, 0) is 9.59 Å². The molecule has 4 amide bonds. The lowest BCUT2D eigenvalue weighted by atomic mass is 9.80. The molecule has 1 unspecified atom stereocenters. The van der Waals surface area contributed by atoms with E-state index in [0.29, 0.717) is 18.4 Å². The summed E-state index contributed by atoms with van der Waals surface area (Å²) in [5.41, 5.74) is 4.97. The van der Waals surface area contributed by atoms with Gasteiger partial charge in [-0.1, -0.05) is 53.9 Å². The van der Waals surface area contributed by atoms with Gasteiger partial charge in [-0.3, -0.25) is 9.59 Å². The van der Waals surface area contributed by atoms with E-state index in [2.05, 4.69) is 24.5 Å². The number of urea groups is 1. The van der Waals surface area contributed by atoms with Crippen LogP contribution in [-0.4, -0.2) is 46.9 Å². The van der Waals surface area contributed by atoms with E-state index in [1.54, 1.807) is 4.90 Å². The second-order valence-electron chi connectivity index (χ2n) is 10.5. The van der Waals surface area contributed by atoms with Crippen LogP contribution in [0.15, 0.2) is 0 Å². The van der Waals surface area contributed by atoms with E-state index in [1.807, 2.05) is 20.8 Å². The molecule has 1 heterocycles. The highest BCUT2D eigenvalue weighted by atomic mass is 16.2. The van der Waals surface area contributed by atoms with Crippen molar-refractivity contribution in [1.82, 2.24) is 15.5 Å². The summed E-state index contributed by atoms with van der Waals surface area (Å²) >= 11 is 0. The fourth-order valence-corrected chi connectivity index (χ4v) is 5.53. The van der Waals surface area contributed by atoms with Crippen LogP contribution in [0, 0.1) is 23.2 Å². The molecule has 0 aromatic heterocycles. The van der Waals surface area contributed by atoms with E-state index in [1.165, 1.54) is 6.42 Å². The zero-order valence-electron chi connectivity index (χ0n) is 18.6. The Morgan fingerprint density at radius 1 is 1.17 bits per heavy atom. The maximum atomic E-state index is 13.4. The van der Waals surface area contributed by atoms with Crippen LogP contribution in [0.1, 0.15) is 73.1 Å². The molecule has 0 aromatic rings. The normalized spacial score (nSPS) is 31.6. The zero-order chi connectivity index (χ0) is 21.6. The molecule has 164 valence electrons. The number of nitrogens with two attached hydrogens (primary N) is 1. The third kappa shape index (κ3) is 4.24. The van der Waals surface area contributed by atoms with Crippen LogP contribution in [0.4, 0.5) is 4.79 Å². The Labute approximate surface area is 174 Å². The molecule has 29 heavy (non-hydrogen) atoms. The number of nitrogens with one attached hydrogen (secondary N) is 2. The summed E-state index contributed by atoms with van der Waals surface area (Å²) in [5, 5.41) is 6.12. The molecule has 0 aromatic carbocycles. The van der Waals surface area contributed by atoms with Gasteiger partial charge in [0, 0.05) is 12.1 Å². The third-order valence-electron chi connectivity index (χ3n) is 7.57. The van der Waals surface area contributed by atoms with Gasteiger partial charge >= 0.3 is 6.03 Å². The Balaban J connectivity index is 1.72. The Bertz CT molecular complexity index is 665. The lowest BCUT2D eigenvalue weighted by molar-refractivity contribution is -0.142. The Morgan fingerprint density at radius 3 is 2.31 bits per heavy atom. The lowest BCUT2D eigenvalue weighted by Crippen LogP contribution is -2.62. The van der Waals surface area contributed by atoms with Crippen LogP contribution in [0.25, 0.3) is 0 Å². The number of carbonyl (C=O) groups excluding carboxylic acids is 3. The molecule has 4 N–H and O–H groups in total. The monoisotopic (exact) mass is 406 g/mol. The molecule has 0 spiro atoms. The van der Waals surface area contributed by atoms with E-state index < -0.39 is 23.4 Å². The lowest BCUT2D eigenvalue weighted by Gasteiger charge is -2.40. The number of amides is 4. The van der Waals surface area contributed by atoms with Crippen LogP contribution >= 0.6 is 0 Å². The highest BCUT2D eigenvalue weighted by molar-refractivity contribution is 5.93. The first kappa shape index (κ1) is 21.9. The summed E-state index contributed by atoms with van der Waals surface area (Å²) in [7, 11) is 0. The average Bonchev–Trinajstić information content (AvgIpc) is 3.09.